The molecule has 31 heavy (non-hydrogen) atoms. The molecule has 0 aliphatic carbocycles. The number of pyridine rings is 1. The molecule has 3 rings (SSSR count). The van der Waals surface area contributed by atoms with Gasteiger partial charge in [0.05, 0.1) is 6.04 Å². The Morgan fingerprint density at radius 3 is 2.29 bits per heavy atom. The predicted molar refractivity (Wildman–Crippen MR) is 113 cm³/mol. The van der Waals surface area contributed by atoms with Crippen molar-refractivity contribution in [1.29, 1.82) is 0 Å². The van der Waals surface area contributed by atoms with E-state index in [1.807, 2.05) is 0 Å². The maximum absolute atomic E-state index is 12.6. The lowest BCUT2D eigenvalue weighted by molar-refractivity contribution is -0.117. The second-order valence-corrected chi connectivity index (χ2v) is 8.41. The van der Waals surface area contributed by atoms with Crippen molar-refractivity contribution < 1.29 is 22.5 Å². The van der Waals surface area contributed by atoms with Gasteiger partial charge in [0.2, 0.25) is 15.9 Å². The van der Waals surface area contributed by atoms with Crippen molar-refractivity contribution in [3.8, 4) is 0 Å². The Morgan fingerprint density at radius 2 is 1.68 bits per heavy atom. The van der Waals surface area contributed by atoms with Gasteiger partial charge in [-0.05, 0) is 51.1 Å². The van der Waals surface area contributed by atoms with Crippen LogP contribution in [0.4, 0.5) is 11.4 Å². The van der Waals surface area contributed by atoms with Gasteiger partial charge in [-0.3, -0.25) is 14.6 Å². The van der Waals surface area contributed by atoms with E-state index in [1.165, 1.54) is 33.2 Å². The average Bonchev–Trinajstić information content (AvgIpc) is 3.07. The molecule has 0 spiro atoms. The van der Waals surface area contributed by atoms with E-state index in [9.17, 15) is 18.0 Å². The fraction of sp³-hybridized carbons (Fsp3) is 0.200. The zero-order valence-electron chi connectivity index (χ0n) is 17.0. The molecule has 1 atom stereocenters. The number of carbonyl (C=O) groups excluding carboxylic acids is 2. The third kappa shape index (κ3) is 5.32. The van der Waals surface area contributed by atoms with E-state index in [1.54, 1.807) is 36.4 Å². The largest absolute Gasteiger partial charge is 0.360 e. The van der Waals surface area contributed by atoms with Crippen LogP contribution in [0, 0.1) is 13.8 Å². The minimum absolute atomic E-state index is 0.0898. The zero-order valence-corrected chi connectivity index (χ0v) is 17.9. The number of rotatable bonds is 7. The van der Waals surface area contributed by atoms with Crippen molar-refractivity contribution in [1.82, 2.24) is 14.9 Å². The molecule has 3 aromatic rings. The molecule has 3 N–H and O–H groups in total. The van der Waals surface area contributed by atoms with E-state index in [-0.39, 0.29) is 22.3 Å². The highest BCUT2D eigenvalue weighted by Gasteiger charge is 2.28. The minimum atomic E-state index is -4.00. The lowest BCUT2D eigenvalue weighted by atomic mass is 10.2. The number of carbonyl (C=O) groups is 2. The highest BCUT2D eigenvalue weighted by molar-refractivity contribution is 7.89. The van der Waals surface area contributed by atoms with Crippen LogP contribution in [0.15, 0.2) is 58.2 Å². The van der Waals surface area contributed by atoms with Gasteiger partial charge in [-0.1, -0.05) is 11.2 Å². The number of hydrogen-bond acceptors (Lipinski definition) is 7. The highest BCUT2D eigenvalue weighted by atomic mass is 32.2. The molecule has 1 aromatic carbocycles. The van der Waals surface area contributed by atoms with Crippen molar-refractivity contribution in [3.63, 3.8) is 0 Å². The Bertz CT molecular complexity index is 1190. The summed E-state index contributed by atoms with van der Waals surface area (Å²) in [6, 6.07) is 8.58. The molecule has 2 heterocycles. The number of benzene rings is 1. The number of nitrogens with one attached hydrogen (secondary N) is 3. The van der Waals surface area contributed by atoms with Crippen LogP contribution in [0.25, 0.3) is 0 Å². The molecule has 0 unspecified atom stereocenters. The van der Waals surface area contributed by atoms with Crippen LogP contribution in [0.3, 0.4) is 0 Å². The Balaban J connectivity index is 1.66. The molecule has 10 nitrogen and oxygen atoms in total. The maximum Gasteiger partial charge on any atom is 0.255 e. The van der Waals surface area contributed by atoms with Crippen LogP contribution < -0.4 is 15.4 Å². The van der Waals surface area contributed by atoms with Gasteiger partial charge >= 0.3 is 0 Å². The Labute approximate surface area is 179 Å². The van der Waals surface area contributed by atoms with Crippen LogP contribution in [0.2, 0.25) is 0 Å². The van der Waals surface area contributed by atoms with Gasteiger partial charge in [-0.25, -0.2) is 8.42 Å². The van der Waals surface area contributed by atoms with Crippen molar-refractivity contribution in [3.05, 3.63) is 65.8 Å². The third-order valence-electron chi connectivity index (χ3n) is 4.29. The van der Waals surface area contributed by atoms with Crippen molar-refractivity contribution in [2.45, 2.75) is 31.7 Å². The number of amides is 2. The SMILES string of the molecule is Cc1noc(C)c1S(=O)(=O)N[C@@H](C)C(=O)Nc1cccc(NC(=O)c2ccncc2)c1. The Hall–Kier alpha value is -3.57. The molecule has 0 fully saturated rings. The number of hydrogen-bond donors (Lipinski definition) is 3. The zero-order chi connectivity index (χ0) is 22.6. The Morgan fingerprint density at radius 1 is 1.03 bits per heavy atom. The normalized spacial score (nSPS) is 12.2. The first-order chi connectivity index (χ1) is 14.7. The number of aromatic nitrogens is 2. The van der Waals surface area contributed by atoms with Crippen LogP contribution in [-0.2, 0) is 14.8 Å². The highest BCUT2D eigenvalue weighted by Crippen LogP contribution is 2.20. The lowest BCUT2D eigenvalue weighted by Crippen LogP contribution is -2.41. The van der Waals surface area contributed by atoms with Crippen molar-refractivity contribution in [2.24, 2.45) is 0 Å². The van der Waals surface area contributed by atoms with E-state index in [0.29, 0.717) is 16.9 Å². The smallest absolute Gasteiger partial charge is 0.255 e. The second-order valence-electron chi connectivity index (χ2n) is 6.76. The molecule has 162 valence electrons. The standard InChI is InChI=1S/C20H21N5O5S/c1-12-18(14(3)30-24-12)31(28,29)25-13(2)19(26)22-16-5-4-6-17(11-16)23-20(27)15-7-9-21-10-8-15/h4-11,13,25H,1-3H3,(H,22,26)(H,23,27)/t13-/m0/s1. The van der Waals surface area contributed by atoms with Crippen LogP contribution in [0.1, 0.15) is 28.7 Å². The summed E-state index contributed by atoms with van der Waals surface area (Å²) in [6.07, 6.45) is 3.02. The monoisotopic (exact) mass is 443 g/mol. The number of nitrogens with zero attached hydrogens (tertiary/aromatic N) is 2. The van der Waals surface area contributed by atoms with Crippen LogP contribution in [0.5, 0.6) is 0 Å². The van der Waals surface area contributed by atoms with Crippen molar-refractivity contribution in [2.75, 3.05) is 10.6 Å². The summed E-state index contributed by atoms with van der Waals surface area (Å²) in [5.41, 5.74) is 1.49. The van der Waals surface area contributed by atoms with Gasteiger partial charge in [-0.15, -0.1) is 0 Å². The van der Waals surface area contributed by atoms with Gasteiger partial charge in [0, 0.05) is 29.3 Å². The van der Waals surface area contributed by atoms with E-state index < -0.39 is 22.0 Å². The minimum Gasteiger partial charge on any atom is -0.360 e. The first kappa shape index (κ1) is 22.1. The van der Waals surface area contributed by atoms with Crippen LogP contribution in [-0.4, -0.2) is 36.4 Å². The summed E-state index contributed by atoms with van der Waals surface area (Å²) >= 11 is 0. The molecular weight excluding hydrogens is 422 g/mol. The molecule has 0 aliphatic heterocycles. The molecule has 2 amide bonds. The van der Waals surface area contributed by atoms with Gasteiger partial charge in [-0.2, -0.15) is 4.72 Å². The van der Waals surface area contributed by atoms with Gasteiger partial charge in [0.15, 0.2) is 5.76 Å². The Kier molecular flexibility index (Phi) is 6.47. The summed E-state index contributed by atoms with van der Waals surface area (Å²) in [5, 5.41) is 8.97. The van der Waals surface area contributed by atoms with Crippen LogP contribution >= 0.6 is 0 Å². The van der Waals surface area contributed by atoms with E-state index in [0.717, 1.165) is 0 Å². The molecular formula is C20H21N5O5S. The summed E-state index contributed by atoms with van der Waals surface area (Å²) < 4.78 is 32.3. The molecule has 0 bridgehead atoms. The van der Waals surface area contributed by atoms with E-state index in [2.05, 4.69) is 25.5 Å². The van der Waals surface area contributed by atoms with Crippen molar-refractivity contribution >= 4 is 33.2 Å². The fourth-order valence-electron chi connectivity index (χ4n) is 2.84. The summed E-state index contributed by atoms with van der Waals surface area (Å²) in [7, 11) is -4.00. The first-order valence-electron chi connectivity index (χ1n) is 9.25. The fourth-order valence-corrected chi connectivity index (χ4v) is 4.37. The molecule has 2 aromatic heterocycles. The summed E-state index contributed by atoms with van der Waals surface area (Å²) in [4.78, 5) is 28.6. The van der Waals surface area contributed by atoms with Gasteiger partial charge in [0.1, 0.15) is 10.6 Å². The van der Waals surface area contributed by atoms with E-state index in [4.69, 9.17) is 4.52 Å². The van der Waals surface area contributed by atoms with Gasteiger partial charge in [0.25, 0.3) is 5.91 Å². The lowest BCUT2D eigenvalue weighted by Gasteiger charge is -2.15. The third-order valence-corrected chi connectivity index (χ3v) is 6.08. The number of sulfonamides is 1. The molecule has 11 heteroatoms. The number of anilines is 2. The molecule has 0 saturated heterocycles. The van der Waals surface area contributed by atoms with Gasteiger partial charge < -0.3 is 15.2 Å². The quantitative estimate of drug-likeness (QED) is 0.508. The molecule has 0 aliphatic rings. The maximum atomic E-state index is 12.6. The summed E-state index contributed by atoms with van der Waals surface area (Å²) in [5.74, 6) is -0.769. The van der Waals surface area contributed by atoms with E-state index >= 15 is 0 Å². The summed E-state index contributed by atoms with van der Waals surface area (Å²) in [6.45, 7) is 4.40. The second kappa shape index (κ2) is 9.06. The topological polar surface area (TPSA) is 143 Å². The molecule has 0 saturated carbocycles. The average molecular weight is 443 g/mol. The first-order valence-corrected chi connectivity index (χ1v) is 10.7. The predicted octanol–water partition coefficient (Wildman–Crippen LogP) is 2.24. The molecule has 0 radical (unpaired) electrons. The number of aryl methyl sites for hydroxylation is 2.